The number of hydrogen-bond donors (Lipinski definition) is 1. The molecule has 1 N–H and O–H groups in total. The Bertz CT molecular complexity index is 601. The van der Waals surface area contributed by atoms with E-state index >= 15 is 0 Å². The van der Waals surface area contributed by atoms with E-state index in [1.807, 2.05) is 18.2 Å². The first kappa shape index (κ1) is 14.4. The molecular weight excluding hydrogens is 258 g/mol. The van der Waals surface area contributed by atoms with Crippen LogP contribution in [0.4, 0.5) is 5.69 Å². The zero-order chi connectivity index (χ0) is 15.3. The van der Waals surface area contributed by atoms with E-state index in [1.54, 1.807) is 0 Å². The zero-order valence-electron chi connectivity index (χ0n) is 13.3. The number of rotatable bonds is 3. The van der Waals surface area contributed by atoms with Crippen molar-refractivity contribution in [3.63, 3.8) is 0 Å². The van der Waals surface area contributed by atoms with Gasteiger partial charge in [-0.3, -0.25) is 4.79 Å². The molecule has 0 saturated heterocycles. The smallest absolute Gasteiger partial charge is 0.234 e. The Morgan fingerprint density at radius 3 is 2.71 bits per heavy atom. The molecule has 2 saturated carbocycles. The molecule has 0 aromatic heterocycles. The van der Waals surface area contributed by atoms with Crippen LogP contribution >= 0.6 is 0 Å². The van der Waals surface area contributed by atoms with Crippen molar-refractivity contribution in [1.82, 2.24) is 0 Å². The molecule has 0 aliphatic heterocycles. The molecule has 0 heterocycles. The maximum Gasteiger partial charge on any atom is 0.234 e. The molecule has 2 nitrogen and oxygen atoms in total. The highest BCUT2D eigenvalue weighted by Gasteiger charge is 2.60. The Kier molecular flexibility index (Phi) is 3.23. The van der Waals surface area contributed by atoms with Crippen LogP contribution in [-0.4, -0.2) is 5.91 Å². The number of benzene rings is 1. The largest absolute Gasteiger partial charge is 0.325 e. The zero-order valence-corrected chi connectivity index (χ0v) is 13.3. The summed E-state index contributed by atoms with van der Waals surface area (Å²) in [6.07, 6.45) is 4.01. The molecule has 0 spiro atoms. The van der Waals surface area contributed by atoms with E-state index < -0.39 is 0 Å². The lowest BCUT2D eigenvalue weighted by Crippen LogP contribution is -2.37. The van der Waals surface area contributed by atoms with Gasteiger partial charge < -0.3 is 5.32 Å². The molecule has 112 valence electrons. The summed E-state index contributed by atoms with van der Waals surface area (Å²) in [7, 11) is 0. The van der Waals surface area contributed by atoms with Gasteiger partial charge in [-0.05, 0) is 48.6 Å². The van der Waals surface area contributed by atoms with Gasteiger partial charge in [0.05, 0.1) is 5.41 Å². The fourth-order valence-electron chi connectivity index (χ4n) is 4.33. The number of anilines is 1. The normalized spacial score (nSPS) is 29.7. The maximum atomic E-state index is 13.0. The van der Waals surface area contributed by atoms with Gasteiger partial charge in [-0.2, -0.15) is 0 Å². The van der Waals surface area contributed by atoms with Crippen LogP contribution in [0.5, 0.6) is 0 Å². The molecule has 2 atom stereocenters. The van der Waals surface area contributed by atoms with Gasteiger partial charge >= 0.3 is 0 Å². The molecule has 2 aliphatic carbocycles. The van der Waals surface area contributed by atoms with Crippen molar-refractivity contribution in [3.8, 4) is 0 Å². The van der Waals surface area contributed by atoms with Crippen molar-refractivity contribution in [2.45, 2.75) is 46.5 Å². The van der Waals surface area contributed by atoms with Crippen molar-refractivity contribution in [2.24, 2.45) is 16.7 Å². The molecular formula is C19H25NO. The number of amides is 1. The summed E-state index contributed by atoms with van der Waals surface area (Å²) in [5.74, 6) is 0.763. The van der Waals surface area contributed by atoms with E-state index in [9.17, 15) is 4.79 Å². The Hall–Kier alpha value is -1.57. The van der Waals surface area contributed by atoms with Gasteiger partial charge in [-0.1, -0.05) is 51.1 Å². The Balaban J connectivity index is 1.88. The highest BCUT2D eigenvalue weighted by molar-refractivity contribution is 5.99. The second kappa shape index (κ2) is 4.72. The molecule has 3 rings (SSSR count). The Morgan fingerprint density at radius 2 is 2.10 bits per heavy atom. The van der Waals surface area contributed by atoms with Crippen LogP contribution in [0.1, 0.15) is 45.6 Å². The first-order valence-corrected chi connectivity index (χ1v) is 8.01. The van der Waals surface area contributed by atoms with Crippen LogP contribution in [0.25, 0.3) is 0 Å². The van der Waals surface area contributed by atoms with E-state index in [4.69, 9.17) is 0 Å². The number of hydrogen-bond acceptors (Lipinski definition) is 1. The van der Waals surface area contributed by atoms with Crippen molar-refractivity contribution < 1.29 is 4.79 Å². The second-order valence-corrected chi connectivity index (χ2v) is 7.19. The summed E-state index contributed by atoms with van der Waals surface area (Å²) in [5.41, 5.74) is 3.05. The van der Waals surface area contributed by atoms with Crippen LogP contribution in [0.3, 0.4) is 0 Å². The minimum absolute atomic E-state index is 0.0971. The number of carbonyl (C=O) groups excluding carboxylic acids is 1. The monoisotopic (exact) mass is 283 g/mol. The maximum absolute atomic E-state index is 13.0. The SMILES string of the molecule is C=C1C2(C(=O)Nc3ccccc3CC)CCC(C2)C1(C)C. The number of para-hydroxylation sites is 1. The summed E-state index contributed by atoms with van der Waals surface area (Å²) < 4.78 is 0. The highest BCUT2D eigenvalue weighted by atomic mass is 16.2. The fraction of sp³-hybridized carbons (Fsp3) is 0.526. The summed E-state index contributed by atoms with van der Waals surface area (Å²) in [5, 5.41) is 3.19. The topological polar surface area (TPSA) is 29.1 Å². The van der Waals surface area contributed by atoms with Gasteiger partial charge in [0, 0.05) is 5.69 Å². The van der Waals surface area contributed by atoms with Gasteiger partial charge in [-0.15, -0.1) is 0 Å². The van der Waals surface area contributed by atoms with Crippen molar-refractivity contribution in [1.29, 1.82) is 0 Å². The Labute approximate surface area is 127 Å². The van der Waals surface area contributed by atoms with Crippen molar-refractivity contribution in [2.75, 3.05) is 5.32 Å². The minimum atomic E-state index is -0.338. The lowest BCUT2D eigenvalue weighted by atomic mass is 9.68. The molecule has 1 aromatic carbocycles. The highest BCUT2D eigenvalue weighted by Crippen LogP contribution is 2.65. The third kappa shape index (κ3) is 1.96. The van der Waals surface area contributed by atoms with Gasteiger partial charge in [0.15, 0.2) is 0 Å². The molecule has 1 amide bonds. The van der Waals surface area contributed by atoms with Crippen molar-refractivity contribution in [3.05, 3.63) is 42.0 Å². The molecule has 21 heavy (non-hydrogen) atoms. The van der Waals surface area contributed by atoms with Gasteiger partial charge in [0.1, 0.15) is 0 Å². The van der Waals surface area contributed by atoms with E-state index in [1.165, 1.54) is 5.56 Å². The number of carbonyl (C=O) groups is 1. The first-order valence-electron chi connectivity index (χ1n) is 8.01. The lowest BCUT2D eigenvalue weighted by Gasteiger charge is -2.37. The van der Waals surface area contributed by atoms with E-state index in [0.717, 1.165) is 36.9 Å². The van der Waals surface area contributed by atoms with Gasteiger partial charge in [-0.25, -0.2) is 0 Å². The molecule has 2 heteroatoms. The standard InChI is InChI=1S/C19H25NO/c1-5-14-8-6-7-9-16(14)20-17(21)19-11-10-15(12-19)18(3,4)13(19)2/h6-9,15H,2,5,10-12H2,1,3-4H3,(H,20,21). The molecule has 2 aliphatic rings. The van der Waals surface area contributed by atoms with E-state index in [0.29, 0.717) is 5.92 Å². The number of nitrogens with one attached hydrogen (secondary N) is 1. The van der Waals surface area contributed by atoms with E-state index in [2.05, 4.69) is 38.7 Å². The fourth-order valence-corrected chi connectivity index (χ4v) is 4.33. The lowest BCUT2D eigenvalue weighted by molar-refractivity contribution is -0.123. The van der Waals surface area contributed by atoms with Gasteiger partial charge in [0.2, 0.25) is 5.91 Å². The summed E-state index contributed by atoms with van der Waals surface area (Å²) in [6, 6.07) is 8.09. The van der Waals surface area contributed by atoms with Crippen LogP contribution in [0, 0.1) is 16.7 Å². The second-order valence-electron chi connectivity index (χ2n) is 7.19. The average Bonchev–Trinajstić information content (AvgIpc) is 3.00. The molecule has 2 unspecified atom stereocenters. The third-order valence-corrected chi connectivity index (χ3v) is 5.97. The summed E-state index contributed by atoms with van der Waals surface area (Å²) >= 11 is 0. The third-order valence-electron chi connectivity index (χ3n) is 5.97. The van der Waals surface area contributed by atoms with Crippen LogP contribution in [-0.2, 0) is 11.2 Å². The predicted molar refractivity (Wildman–Crippen MR) is 87.1 cm³/mol. The molecule has 0 radical (unpaired) electrons. The first-order chi connectivity index (χ1) is 9.91. The average molecular weight is 283 g/mol. The Morgan fingerprint density at radius 1 is 1.38 bits per heavy atom. The predicted octanol–water partition coefficient (Wildman–Crippen LogP) is 4.57. The summed E-state index contributed by atoms with van der Waals surface area (Å²) in [6.45, 7) is 10.9. The van der Waals surface area contributed by atoms with Crippen LogP contribution in [0.15, 0.2) is 36.4 Å². The summed E-state index contributed by atoms with van der Waals surface area (Å²) in [4.78, 5) is 13.0. The molecule has 2 fully saturated rings. The van der Waals surface area contributed by atoms with Crippen LogP contribution in [0.2, 0.25) is 0 Å². The van der Waals surface area contributed by atoms with Gasteiger partial charge in [0.25, 0.3) is 0 Å². The molecule has 2 bridgehead atoms. The molecule has 1 aromatic rings. The number of aryl methyl sites for hydroxylation is 1. The van der Waals surface area contributed by atoms with Crippen LogP contribution < -0.4 is 5.32 Å². The van der Waals surface area contributed by atoms with Crippen molar-refractivity contribution >= 4 is 11.6 Å². The number of fused-ring (bicyclic) bond motifs is 2. The quantitative estimate of drug-likeness (QED) is 0.809. The minimum Gasteiger partial charge on any atom is -0.325 e. The van der Waals surface area contributed by atoms with E-state index in [-0.39, 0.29) is 16.7 Å².